The standard InChI is InChI=1S/C10H3Cl2F2N3O2/c11-9(13)10(12,14)19-7-2-5-4(1-6(7)18-9)16-8(3-15)17-5/h1-2H,(H,16,17). The number of hydrogen-bond acceptors (Lipinski definition) is 4. The molecular formula is C10H3Cl2F2N3O2. The Balaban J connectivity index is 2.18. The highest BCUT2D eigenvalue weighted by Crippen LogP contribution is 2.50. The minimum Gasteiger partial charge on any atom is -0.435 e. The van der Waals surface area contributed by atoms with Gasteiger partial charge in [0.05, 0.1) is 11.0 Å². The minimum atomic E-state index is -3.37. The van der Waals surface area contributed by atoms with Crippen LogP contribution in [-0.4, -0.2) is 20.6 Å². The van der Waals surface area contributed by atoms with Gasteiger partial charge in [0.2, 0.25) is 5.82 Å². The number of H-pyrrole nitrogens is 1. The SMILES string of the molecule is N#Cc1nc2cc3c(cc2[nH]1)OC(F)(Cl)C(F)(Cl)O3. The number of nitriles is 1. The van der Waals surface area contributed by atoms with Crippen LogP contribution in [0.25, 0.3) is 11.0 Å². The van der Waals surface area contributed by atoms with E-state index >= 15 is 0 Å². The van der Waals surface area contributed by atoms with Gasteiger partial charge in [0.25, 0.3) is 0 Å². The maximum Gasteiger partial charge on any atom is 0.414 e. The molecule has 1 aliphatic heterocycles. The number of nitrogens with zero attached hydrogens (tertiary/aromatic N) is 2. The van der Waals surface area contributed by atoms with Crippen LogP contribution >= 0.6 is 23.2 Å². The van der Waals surface area contributed by atoms with Gasteiger partial charge in [0.1, 0.15) is 6.07 Å². The van der Waals surface area contributed by atoms with Crippen molar-refractivity contribution in [3.05, 3.63) is 18.0 Å². The molecular weight excluding hydrogens is 303 g/mol. The van der Waals surface area contributed by atoms with E-state index in [1.165, 1.54) is 12.1 Å². The third kappa shape index (κ3) is 1.76. The molecule has 0 spiro atoms. The monoisotopic (exact) mass is 305 g/mol. The number of aromatic nitrogens is 2. The molecule has 0 radical (unpaired) electrons. The Morgan fingerprint density at radius 2 is 1.79 bits per heavy atom. The van der Waals surface area contributed by atoms with E-state index in [9.17, 15) is 8.78 Å². The van der Waals surface area contributed by atoms with E-state index in [1.54, 1.807) is 6.07 Å². The smallest absolute Gasteiger partial charge is 0.414 e. The summed E-state index contributed by atoms with van der Waals surface area (Å²) in [5.74, 6) is -0.297. The van der Waals surface area contributed by atoms with Crippen molar-refractivity contribution in [3.63, 3.8) is 0 Å². The Kier molecular flexibility index (Phi) is 2.34. The molecule has 98 valence electrons. The number of alkyl halides is 4. The normalized spacial score (nSPS) is 29.2. The second-order valence-corrected chi connectivity index (χ2v) is 4.72. The summed E-state index contributed by atoms with van der Waals surface area (Å²) >= 11 is 10.3. The maximum atomic E-state index is 13.6. The first-order valence-corrected chi connectivity index (χ1v) is 5.65. The van der Waals surface area contributed by atoms with Gasteiger partial charge in [-0.05, 0) is 23.2 Å². The molecule has 2 atom stereocenters. The lowest BCUT2D eigenvalue weighted by atomic mass is 10.2. The second kappa shape index (κ2) is 3.62. The van der Waals surface area contributed by atoms with E-state index < -0.39 is 10.6 Å². The van der Waals surface area contributed by atoms with Crippen LogP contribution in [0.2, 0.25) is 0 Å². The number of aromatic amines is 1. The summed E-state index contributed by atoms with van der Waals surface area (Å²) in [4.78, 5) is 6.52. The molecule has 0 aliphatic carbocycles. The maximum absolute atomic E-state index is 13.6. The third-order valence-electron chi connectivity index (χ3n) is 2.47. The highest BCUT2D eigenvalue weighted by atomic mass is 35.5. The second-order valence-electron chi connectivity index (χ2n) is 3.75. The van der Waals surface area contributed by atoms with E-state index in [1.807, 2.05) is 0 Å². The van der Waals surface area contributed by atoms with Crippen molar-refractivity contribution in [1.82, 2.24) is 9.97 Å². The first-order valence-electron chi connectivity index (χ1n) is 4.90. The van der Waals surface area contributed by atoms with Crippen molar-refractivity contribution in [2.75, 3.05) is 0 Å². The summed E-state index contributed by atoms with van der Waals surface area (Å²) in [6.45, 7) is 0. The lowest BCUT2D eigenvalue weighted by Crippen LogP contribution is -2.50. The number of imidazole rings is 1. The van der Waals surface area contributed by atoms with Gasteiger partial charge >= 0.3 is 10.6 Å². The predicted octanol–water partition coefficient (Wildman–Crippen LogP) is 2.93. The minimum absolute atomic E-state index is 0.0344. The molecule has 1 aliphatic rings. The summed E-state index contributed by atoms with van der Waals surface area (Å²) in [6, 6.07) is 4.32. The predicted molar refractivity (Wildman–Crippen MR) is 61.4 cm³/mol. The van der Waals surface area contributed by atoms with E-state index in [2.05, 4.69) is 19.4 Å². The van der Waals surface area contributed by atoms with Crippen LogP contribution in [0.5, 0.6) is 11.5 Å². The Morgan fingerprint density at radius 1 is 1.21 bits per heavy atom. The van der Waals surface area contributed by atoms with Crippen LogP contribution in [0, 0.1) is 11.3 Å². The molecule has 9 heteroatoms. The number of benzene rings is 1. The topological polar surface area (TPSA) is 70.9 Å². The van der Waals surface area contributed by atoms with Crippen molar-refractivity contribution in [1.29, 1.82) is 5.26 Å². The highest BCUT2D eigenvalue weighted by molar-refractivity contribution is 6.32. The lowest BCUT2D eigenvalue weighted by molar-refractivity contribution is -0.179. The highest BCUT2D eigenvalue weighted by Gasteiger charge is 2.60. The molecule has 3 rings (SSSR count). The van der Waals surface area contributed by atoms with E-state index in [0.29, 0.717) is 11.0 Å². The van der Waals surface area contributed by atoms with Gasteiger partial charge in [-0.3, -0.25) is 0 Å². The van der Waals surface area contributed by atoms with E-state index in [0.717, 1.165) is 0 Å². The largest absolute Gasteiger partial charge is 0.435 e. The average molecular weight is 306 g/mol. The van der Waals surface area contributed by atoms with Crippen LogP contribution in [0.3, 0.4) is 0 Å². The number of rotatable bonds is 0. The fraction of sp³-hybridized carbons (Fsp3) is 0.200. The molecule has 0 amide bonds. The zero-order valence-electron chi connectivity index (χ0n) is 8.88. The Labute approximate surface area is 114 Å². The van der Waals surface area contributed by atoms with Gasteiger partial charge in [-0.25, -0.2) is 4.98 Å². The fourth-order valence-electron chi connectivity index (χ4n) is 1.63. The number of nitrogens with one attached hydrogen (secondary N) is 1. The molecule has 5 nitrogen and oxygen atoms in total. The van der Waals surface area contributed by atoms with Gasteiger partial charge in [0.15, 0.2) is 11.5 Å². The summed E-state index contributed by atoms with van der Waals surface area (Å²) in [7, 11) is 0. The average Bonchev–Trinajstić information content (AvgIpc) is 2.69. The zero-order valence-corrected chi connectivity index (χ0v) is 10.4. The summed E-state index contributed by atoms with van der Waals surface area (Å²) in [5, 5.41) is 1.96. The van der Waals surface area contributed by atoms with Crippen LogP contribution < -0.4 is 9.47 Å². The summed E-state index contributed by atoms with van der Waals surface area (Å²) in [6.07, 6.45) is 0. The summed E-state index contributed by atoms with van der Waals surface area (Å²) in [5.41, 5.74) is 0.694. The quantitative estimate of drug-likeness (QED) is 0.760. The van der Waals surface area contributed by atoms with E-state index in [-0.39, 0.29) is 17.3 Å². The zero-order chi connectivity index (χ0) is 13.8. The van der Waals surface area contributed by atoms with Crippen LogP contribution in [0.1, 0.15) is 5.82 Å². The molecule has 0 bridgehead atoms. The van der Waals surface area contributed by atoms with Crippen LogP contribution in [0.4, 0.5) is 8.78 Å². The number of ether oxygens (including phenoxy) is 2. The molecule has 0 fully saturated rings. The van der Waals surface area contributed by atoms with Crippen LogP contribution in [-0.2, 0) is 0 Å². The van der Waals surface area contributed by atoms with Crippen molar-refractivity contribution in [2.24, 2.45) is 0 Å². The summed E-state index contributed by atoms with van der Waals surface area (Å²) < 4.78 is 36.5. The van der Waals surface area contributed by atoms with E-state index in [4.69, 9.17) is 28.5 Å². The van der Waals surface area contributed by atoms with Gasteiger partial charge < -0.3 is 14.5 Å². The molecule has 0 saturated carbocycles. The van der Waals surface area contributed by atoms with Gasteiger partial charge in [-0.15, -0.1) is 0 Å². The first kappa shape index (κ1) is 12.3. The third-order valence-corrected chi connectivity index (χ3v) is 3.21. The molecule has 2 unspecified atom stereocenters. The van der Waals surface area contributed by atoms with Crippen LogP contribution in [0.15, 0.2) is 12.1 Å². The van der Waals surface area contributed by atoms with Gasteiger partial charge in [0, 0.05) is 12.1 Å². The Morgan fingerprint density at radius 3 is 2.37 bits per heavy atom. The molecule has 1 N–H and O–H groups in total. The Hall–Kier alpha value is -1.78. The fourth-order valence-corrected chi connectivity index (χ4v) is 1.87. The number of hydrogen-bond donors (Lipinski definition) is 1. The first-order chi connectivity index (χ1) is 8.82. The lowest BCUT2D eigenvalue weighted by Gasteiger charge is -2.34. The van der Waals surface area contributed by atoms with Gasteiger partial charge in [-0.1, -0.05) is 0 Å². The number of halogens is 4. The Bertz CT molecular complexity index is 670. The molecule has 1 aromatic carbocycles. The number of fused-ring (bicyclic) bond motifs is 2. The van der Waals surface area contributed by atoms with Crippen molar-refractivity contribution in [3.8, 4) is 17.6 Å². The van der Waals surface area contributed by atoms with Gasteiger partial charge in [-0.2, -0.15) is 14.0 Å². The van der Waals surface area contributed by atoms with Crippen molar-refractivity contribution < 1.29 is 18.3 Å². The van der Waals surface area contributed by atoms with Crippen molar-refractivity contribution in [2.45, 2.75) is 10.6 Å². The van der Waals surface area contributed by atoms with Crippen molar-refractivity contribution >= 4 is 34.2 Å². The molecule has 1 aromatic heterocycles. The molecule has 0 saturated heterocycles. The molecule has 2 aromatic rings. The molecule has 19 heavy (non-hydrogen) atoms. The molecule has 2 heterocycles.